The number of unbranched alkanes of at least 4 members (excludes halogenated alkanes) is 24. The molecule has 9 heteroatoms. The van der Waals surface area contributed by atoms with E-state index in [1.807, 2.05) is 24.3 Å². The molecule has 0 spiro atoms. The Kier molecular flexibility index (Phi) is 32.2. The van der Waals surface area contributed by atoms with Crippen LogP contribution < -0.4 is 0 Å². The maximum Gasteiger partial charge on any atom is 2.00 e. The fourth-order valence-electron chi connectivity index (χ4n) is 9.03. The van der Waals surface area contributed by atoms with Crippen LogP contribution in [0.4, 0.5) is 0 Å². The van der Waals surface area contributed by atoms with Crippen LogP contribution in [0.3, 0.4) is 0 Å². The van der Waals surface area contributed by atoms with Crippen molar-refractivity contribution < 1.29 is 25.9 Å². The second-order valence-corrected chi connectivity index (χ2v) is 21.5. The summed E-state index contributed by atoms with van der Waals surface area (Å²) in [6, 6.07) is 19.6. The molecule has 360 valence electrons. The van der Waals surface area contributed by atoms with Gasteiger partial charge in [-0.2, -0.15) is 8.42 Å². The molecule has 4 rings (SSSR count). The van der Waals surface area contributed by atoms with Crippen molar-refractivity contribution in [3.8, 4) is 0 Å². The van der Waals surface area contributed by atoms with Gasteiger partial charge in [0, 0.05) is 5.39 Å². The normalized spacial score (nSPS) is 11.8. The number of hydrogen-bond donors (Lipinski definition) is 1. The maximum atomic E-state index is 12.1. The van der Waals surface area contributed by atoms with Gasteiger partial charge in [-0.15, -0.1) is 0 Å². The average Bonchev–Trinajstić information content (AvgIpc) is 3.27. The minimum atomic E-state index is -4.50. The van der Waals surface area contributed by atoms with Crippen LogP contribution in [-0.2, 0) is 45.9 Å². The molecule has 0 radical (unpaired) electrons. The van der Waals surface area contributed by atoms with Crippen molar-refractivity contribution in [3.05, 3.63) is 82.9 Å². The molecule has 0 heterocycles. The summed E-state index contributed by atoms with van der Waals surface area (Å²) in [6.45, 7) is 8.92. The van der Waals surface area contributed by atoms with Gasteiger partial charge in [-0.05, 0) is 114 Å². The summed E-state index contributed by atoms with van der Waals surface area (Å²) >= 11 is 0. The molecular weight excluding hydrogens is 970 g/mol. The first-order chi connectivity index (χ1) is 30.9. The topological polar surface area (TPSA) is 112 Å². The van der Waals surface area contributed by atoms with Crippen LogP contribution in [0.5, 0.6) is 0 Å². The van der Waals surface area contributed by atoms with Gasteiger partial charge in [0.25, 0.3) is 10.1 Å². The van der Waals surface area contributed by atoms with E-state index in [0.717, 1.165) is 90.8 Å². The molecule has 0 saturated heterocycles. The molecular formula is C56H87BaO6S2+. The molecule has 0 aliphatic rings. The Morgan fingerprint density at radius 1 is 0.369 bits per heavy atom. The van der Waals surface area contributed by atoms with Gasteiger partial charge in [-0.1, -0.05) is 218 Å². The average molecular weight is 1060 g/mol. The summed E-state index contributed by atoms with van der Waals surface area (Å²) < 4.78 is 70.2. The molecule has 0 aliphatic carbocycles. The van der Waals surface area contributed by atoms with Gasteiger partial charge >= 0.3 is 48.9 Å². The van der Waals surface area contributed by atoms with Crippen LogP contribution in [0.15, 0.2) is 70.5 Å². The Balaban J connectivity index is 0.000000440. The van der Waals surface area contributed by atoms with Crippen molar-refractivity contribution >= 4 is 90.7 Å². The number of hydrogen-bond acceptors (Lipinski definition) is 5. The van der Waals surface area contributed by atoms with E-state index in [-0.39, 0.29) is 58.7 Å². The van der Waals surface area contributed by atoms with Crippen molar-refractivity contribution in [1.82, 2.24) is 0 Å². The van der Waals surface area contributed by atoms with Crippen LogP contribution in [0.2, 0.25) is 0 Å². The van der Waals surface area contributed by atoms with Crippen LogP contribution in [-0.4, -0.2) is 74.8 Å². The molecule has 0 amide bonds. The SMILES string of the molecule is CCCCCCCCCc1cc(S(=O)(=O)O)c2cc(CCCCCCCCC)ccc2c1.CCCCCCCCCc1cc(S(=O)(=O)[O-])c2cc(CCCCCCCCC)ccc2c1.[Ba+2]. The third-order valence-corrected chi connectivity index (χ3v) is 14.7. The monoisotopic (exact) mass is 1060 g/mol. The molecule has 6 nitrogen and oxygen atoms in total. The zero-order valence-electron chi connectivity index (χ0n) is 41.4. The summed E-state index contributed by atoms with van der Waals surface area (Å²) in [5.41, 5.74) is 4.23. The van der Waals surface area contributed by atoms with Crippen LogP contribution in [0.1, 0.15) is 230 Å². The standard InChI is InChI=1S/2C28H44O3S.Ba/c2*1-3-5-7-9-11-13-15-17-24-19-20-26-21-25(18-16-14-12-10-8-6-4-2)23-28(27(26)22-24)32(29,30)31;/h2*19-23H,3-18H2,1-2H3,(H,29,30,31);/q;;+2/p-1. The molecule has 0 saturated carbocycles. The summed E-state index contributed by atoms with van der Waals surface area (Å²) in [5, 5.41) is 3.00. The smallest absolute Gasteiger partial charge is 0.744 e. The van der Waals surface area contributed by atoms with E-state index in [9.17, 15) is 25.9 Å². The van der Waals surface area contributed by atoms with E-state index >= 15 is 0 Å². The van der Waals surface area contributed by atoms with Crippen molar-refractivity contribution in [1.29, 1.82) is 0 Å². The second-order valence-electron chi connectivity index (χ2n) is 18.7. The van der Waals surface area contributed by atoms with E-state index in [0.29, 0.717) is 10.8 Å². The van der Waals surface area contributed by atoms with Crippen molar-refractivity contribution in [2.45, 2.75) is 243 Å². The van der Waals surface area contributed by atoms with Crippen LogP contribution >= 0.6 is 0 Å². The van der Waals surface area contributed by atoms with Gasteiger partial charge in [0.05, 0.1) is 4.90 Å². The van der Waals surface area contributed by atoms with Gasteiger partial charge in [0.1, 0.15) is 15.0 Å². The zero-order chi connectivity index (χ0) is 46.5. The third kappa shape index (κ3) is 24.8. The fraction of sp³-hybridized carbons (Fsp3) is 0.643. The summed E-state index contributed by atoms with van der Waals surface area (Å²) in [4.78, 5) is 0.0173. The molecule has 0 unspecified atom stereocenters. The second kappa shape index (κ2) is 35.0. The molecule has 0 bridgehead atoms. The van der Waals surface area contributed by atoms with E-state index in [2.05, 4.69) is 52.0 Å². The largest absolute Gasteiger partial charge is 2.00 e. The predicted molar refractivity (Wildman–Crippen MR) is 278 cm³/mol. The molecule has 0 aliphatic heterocycles. The molecule has 0 fully saturated rings. The van der Waals surface area contributed by atoms with E-state index in [4.69, 9.17) is 0 Å². The Hall–Kier alpha value is -1.21. The number of benzene rings is 4. The molecule has 4 aromatic rings. The Labute approximate surface area is 438 Å². The Morgan fingerprint density at radius 2 is 0.646 bits per heavy atom. The fourth-order valence-corrected chi connectivity index (χ4v) is 10.5. The molecule has 0 aromatic heterocycles. The van der Waals surface area contributed by atoms with Crippen molar-refractivity contribution in [2.24, 2.45) is 0 Å². The third-order valence-electron chi connectivity index (χ3n) is 12.9. The van der Waals surface area contributed by atoms with Gasteiger partial charge < -0.3 is 4.55 Å². The van der Waals surface area contributed by atoms with Gasteiger partial charge in [-0.3, -0.25) is 4.55 Å². The number of fused-ring (bicyclic) bond motifs is 2. The number of rotatable bonds is 34. The predicted octanol–water partition coefficient (Wildman–Crippen LogP) is 16.6. The zero-order valence-corrected chi connectivity index (χ0v) is 47.5. The minimum absolute atomic E-state index is 0. The summed E-state index contributed by atoms with van der Waals surface area (Å²) in [6.07, 6.45) is 38.3. The van der Waals surface area contributed by atoms with E-state index in [1.54, 1.807) is 12.1 Å². The van der Waals surface area contributed by atoms with Gasteiger partial charge in [-0.25, -0.2) is 8.42 Å². The Bertz CT molecular complexity index is 1960. The van der Waals surface area contributed by atoms with Crippen molar-refractivity contribution in [2.75, 3.05) is 0 Å². The van der Waals surface area contributed by atoms with Crippen LogP contribution in [0, 0.1) is 0 Å². The van der Waals surface area contributed by atoms with Crippen LogP contribution in [0.25, 0.3) is 21.5 Å². The molecule has 4 aromatic carbocycles. The van der Waals surface area contributed by atoms with E-state index < -0.39 is 20.2 Å². The van der Waals surface area contributed by atoms with Gasteiger partial charge in [0.15, 0.2) is 0 Å². The Morgan fingerprint density at radius 3 is 0.954 bits per heavy atom. The quantitative estimate of drug-likeness (QED) is 0.0283. The maximum absolute atomic E-state index is 12.1. The molecule has 65 heavy (non-hydrogen) atoms. The first-order valence-corrected chi connectivity index (χ1v) is 28.8. The molecule has 1 N–H and O–H groups in total. The minimum Gasteiger partial charge on any atom is -0.744 e. The number of aryl methyl sites for hydroxylation is 4. The first-order valence-electron chi connectivity index (χ1n) is 26.0. The summed E-state index contributed by atoms with van der Waals surface area (Å²) in [5.74, 6) is 0. The first kappa shape index (κ1) is 59.9. The summed E-state index contributed by atoms with van der Waals surface area (Å²) in [7, 11) is -8.75. The van der Waals surface area contributed by atoms with E-state index in [1.165, 1.54) is 148 Å². The van der Waals surface area contributed by atoms with Gasteiger partial charge in [0.2, 0.25) is 0 Å². The van der Waals surface area contributed by atoms with Crippen molar-refractivity contribution in [3.63, 3.8) is 0 Å². The molecule has 0 atom stereocenters.